The van der Waals surface area contributed by atoms with Crippen LogP contribution in [0.2, 0.25) is 0 Å². The van der Waals surface area contributed by atoms with Crippen molar-refractivity contribution in [2.24, 2.45) is 5.92 Å². The van der Waals surface area contributed by atoms with Crippen molar-refractivity contribution in [2.45, 2.75) is 13.0 Å². The van der Waals surface area contributed by atoms with Crippen molar-refractivity contribution in [3.63, 3.8) is 0 Å². The van der Waals surface area contributed by atoms with Gasteiger partial charge in [-0.15, -0.1) is 11.3 Å². The first-order valence-electron chi connectivity index (χ1n) is 9.91. The van der Waals surface area contributed by atoms with Crippen LogP contribution in [-0.2, 0) is 0 Å². The lowest BCUT2D eigenvalue weighted by Crippen LogP contribution is -2.48. The van der Waals surface area contributed by atoms with Gasteiger partial charge >= 0.3 is 0 Å². The van der Waals surface area contributed by atoms with Crippen LogP contribution in [0.25, 0.3) is 10.1 Å². The Hall–Kier alpha value is -2.08. The van der Waals surface area contributed by atoms with Gasteiger partial charge in [0.2, 0.25) is 0 Å². The highest BCUT2D eigenvalue weighted by atomic mass is 32.1. The minimum Gasteiger partial charge on any atom is -0.497 e. The maximum Gasteiger partial charge on any atom is 0.119 e. The number of aliphatic hydroxyl groups is 1. The molecule has 1 aliphatic rings. The monoisotopic (exact) mass is 396 g/mol. The summed E-state index contributed by atoms with van der Waals surface area (Å²) < 4.78 is 6.49. The first-order valence-corrected chi connectivity index (χ1v) is 10.8. The second kappa shape index (κ2) is 8.52. The van der Waals surface area contributed by atoms with Gasteiger partial charge in [-0.25, -0.2) is 0 Å². The Morgan fingerprint density at radius 2 is 1.75 bits per heavy atom. The second-order valence-corrected chi connectivity index (χ2v) is 8.51. The maximum absolute atomic E-state index is 10.9. The highest BCUT2D eigenvalue weighted by Crippen LogP contribution is 2.34. The molecule has 0 radical (unpaired) electrons. The number of ether oxygens (including phenoxy) is 1. The third kappa shape index (κ3) is 4.02. The Kier molecular flexibility index (Phi) is 5.85. The van der Waals surface area contributed by atoms with Crippen LogP contribution in [0.4, 0.5) is 5.69 Å². The van der Waals surface area contributed by atoms with Gasteiger partial charge in [0.25, 0.3) is 0 Å². The van der Waals surface area contributed by atoms with E-state index < -0.39 is 6.10 Å². The number of nitrogens with zero attached hydrogens (tertiary/aromatic N) is 2. The highest BCUT2D eigenvalue weighted by Gasteiger charge is 2.24. The minimum atomic E-state index is -0.421. The first-order chi connectivity index (χ1) is 13.7. The van der Waals surface area contributed by atoms with Crippen molar-refractivity contribution < 1.29 is 9.84 Å². The Labute approximate surface area is 171 Å². The number of hydrogen-bond acceptors (Lipinski definition) is 5. The molecule has 148 valence electrons. The zero-order valence-electron chi connectivity index (χ0n) is 16.5. The van der Waals surface area contributed by atoms with E-state index in [1.165, 1.54) is 15.8 Å². The zero-order chi connectivity index (χ0) is 19.5. The SMILES string of the molecule is COc1ccc(N2CCN(CC(C)C(O)c3csc4ccccc34)CC2)cc1. The third-order valence-electron chi connectivity index (χ3n) is 5.72. The van der Waals surface area contributed by atoms with E-state index in [0.29, 0.717) is 0 Å². The number of rotatable bonds is 6. The highest BCUT2D eigenvalue weighted by molar-refractivity contribution is 7.17. The molecular weight excluding hydrogens is 368 g/mol. The van der Waals surface area contributed by atoms with Gasteiger partial charge < -0.3 is 14.7 Å². The van der Waals surface area contributed by atoms with Crippen LogP contribution in [0.15, 0.2) is 53.9 Å². The molecule has 1 fully saturated rings. The fraction of sp³-hybridized carbons (Fsp3) is 0.391. The third-order valence-corrected chi connectivity index (χ3v) is 6.71. The van der Waals surface area contributed by atoms with E-state index in [1.54, 1.807) is 18.4 Å². The quantitative estimate of drug-likeness (QED) is 0.670. The van der Waals surface area contributed by atoms with Crippen LogP contribution in [-0.4, -0.2) is 49.8 Å². The lowest BCUT2D eigenvalue weighted by Gasteiger charge is -2.37. The van der Waals surface area contributed by atoms with Crippen LogP contribution < -0.4 is 9.64 Å². The van der Waals surface area contributed by atoms with E-state index in [2.05, 4.69) is 52.4 Å². The molecule has 0 aliphatic carbocycles. The van der Waals surface area contributed by atoms with E-state index in [9.17, 15) is 5.11 Å². The topological polar surface area (TPSA) is 35.9 Å². The van der Waals surface area contributed by atoms with Gasteiger partial charge in [-0.2, -0.15) is 0 Å². The summed E-state index contributed by atoms with van der Waals surface area (Å²) in [7, 11) is 1.70. The van der Waals surface area contributed by atoms with Crippen LogP contribution in [0.1, 0.15) is 18.6 Å². The average molecular weight is 397 g/mol. The first kappa shape index (κ1) is 19.2. The Morgan fingerprint density at radius 3 is 2.46 bits per heavy atom. The molecule has 1 N–H and O–H groups in total. The number of aliphatic hydroxyl groups excluding tert-OH is 1. The van der Waals surface area contributed by atoms with Gasteiger partial charge in [0.1, 0.15) is 5.75 Å². The summed E-state index contributed by atoms with van der Waals surface area (Å²) in [6.07, 6.45) is -0.421. The van der Waals surface area contributed by atoms with Crippen LogP contribution in [0, 0.1) is 5.92 Å². The van der Waals surface area contributed by atoms with Crippen molar-refractivity contribution in [2.75, 3.05) is 44.7 Å². The van der Waals surface area contributed by atoms with Crippen LogP contribution >= 0.6 is 11.3 Å². The van der Waals surface area contributed by atoms with Gasteiger partial charge in [-0.3, -0.25) is 4.90 Å². The lowest BCUT2D eigenvalue weighted by molar-refractivity contribution is 0.0876. The molecule has 1 aromatic heterocycles. The normalized spacial score (nSPS) is 17.6. The smallest absolute Gasteiger partial charge is 0.119 e. The van der Waals surface area contributed by atoms with Gasteiger partial charge in [0, 0.05) is 43.1 Å². The Balaban J connectivity index is 1.33. The van der Waals surface area contributed by atoms with E-state index in [-0.39, 0.29) is 5.92 Å². The molecule has 0 amide bonds. The number of thiophene rings is 1. The summed E-state index contributed by atoms with van der Waals surface area (Å²) in [6, 6.07) is 16.6. The number of methoxy groups -OCH3 is 1. The van der Waals surface area contributed by atoms with Crippen LogP contribution in [0.5, 0.6) is 5.75 Å². The molecule has 2 unspecified atom stereocenters. The summed E-state index contributed by atoms with van der Waals surface area (Å²) in [5.41, 5.74) is 2.32. The number of benzene rings is 2. The molecule has 4 nitrogen and oxygen atoms in total. The number of anilines is 1. The Bertz CT molecular complexity index is 900. The molecule has 2 aromatic carbocycles. The number of piperazine rings is 1. The maximum atomic E-state index is 10.9. The molecule has 0 saturated carbocycles. The fourth-order valence-corrected chi connectivity index (χ4v) is 5.01. The van der Waals surface area contributed by atoms with Crippen molar-refractivity contribution in [1.82, 2.24) is 4.90 Å². The fourth-order valence-electron chi connectivity index (χ4n) is 4.02. The van der Waals surface area contributed by atoms with Crippen molar-refractivity contribution in [1.29, 1.82) is 0 Å². The molecule has 0 spiro atoms. The molecule has 1 aliphatic heterocycles. The molecule has 5 heteroatoms. The largest absolute Gasteiger partial charge is 0.497 e. The predicted octanol–water partition coefficient (Wildman–Crippen LogP) is 4.40. The molecule has 28 heavy (non-hydrogen) atoms. The number of hydrogen-bond donors (Lipinski definition) is 1. The molecule has 4 rings (SSSR count). The van der Waals surface area contributed by atoms with E-state index in [1.807, 2.05) is 18.2 Å². The van der Waals surface area contributed by atoms with Crippen molar-refractivity contribution >= 4 is 27.1 Å². The van der Waals surface area contributed by atoms with E-state index in [4.69, 9.17) is 4.74 Å². The average Bonchev–Trinajstić information content (AvgIpc) is 3.18. The van der Waals surface area contributed by atoms with E-state index >= 15 is 0 Å². The molecule has 0 bridgehead atoms. The standard InChI is InChI=1S/C23H28N2O2S/c1-17(23(26)21-16-28-22-6-4-3-5-20(21)22)15-24-11-13-25(14-12-24)18-7-9-19(27-2)10-8-18/h3-10,16-17,23,26H,11-15H2,1-2H3. The van der Waals surface area contributed by atoms with Gasteiger partial charge in [0.15, 0.2) is 0 Å². The summed E-state index contributed by atoms with van der Waals surface area (Å²) in [5.74, 6) is 1.09. The summed E-state index contributed by atoms with van der Waals surface area (Å²) in [6.45, 7) is 7.14. The van der Waals surface area contributed by atoms with Crippen molar-refractivity contribution in [3.8, 4) is 5.75 Å². The minimum absolute atomic E-state index is 0.200. The Morgan fingerprint density at radius 1 is 1.04 bits per heavy atom. The molecule has 2 heterocycles. The molecular formula is C23H28N2O2S. The molecule has 2 atom stereocenters. The summed E-state index contributed by atoms with van der Waals surface area (Å²) in [4.78, 5) is 4.89. The van der Waals surface area contributed by atoms with Gasteiger partial charge in [0.05, 0.1) is 13.2 Å². The zero-order valence-corrected chi connectivity index (χ0v) is 17.4. The predicted molar refractivity (Wildman–Crippen MR) is 118 cm³/mol. The van der Waals surface area contributed by atoms with Crippen molar-refractivity contribution in [3.05, 3.63) is 59.5 Å². The number of fused-ring (bicyclic) bond motifs is 1. The molecule has 3 aromatic rings. The molecule has 1 saturated heterocycles. The van der Waals surface area contributed by atoms with Gasteiger partial charge in [-0.1, -0.05) is 25.1 Å². The van der Waals surface area contributed by atoms with Crippen LogP contribution in [0.3, 0.4) is 0 Å². The summed E-state index contributed by atoms with van der Waals surface area (Å²) >= 11 is 1.72. The summed E-state index contributed by atoms with van der Waals surface area (Å²) in [5, 5.41) is 14.3. The lowest BCUT2D eigenvalue weighted by atomic mass is 9.96. The second-order valence-electron chi connectivity index (χ2n) is 7.60. The van der Waals surface area contributed by atoms with Gasteiger partial charge in [-0.05, 0) is 52.6 Å². The van der Waals surface area contributed by atoms with E-state index in [0.717, 1.165) is 44.0 Å².